The van der Waals surface area contributed by atoms with Crippen LogP contribution >= 0.6 is 22.6 Å². The predicted octanol–water partition coefficient (Wildman–Crippen LogP) is 3.60. The summed E-state index contributed by atoms with van der Waals surface area (Å²) in [7, 11) is 0. The number of aryl methyl sites for hydroxylation is 2. The molecule has 0 aliphatic carbocycles. The third-order valence-electron chi connectivity index (χ3n) is 3.28. The van der Waals surface area contributed by atoms with Gasteiger partial charge < -0.3 is 10.3 Å². The molecule has 0 fully saturated rings. The molecule has 0 spiro atoms. The first-order valence-electron chi connectivity index (χ1n) is 6.29. The lowest BCUT2D eigenvalue weighted by molar-refractivity contribution is 0.626. The van der Waals surface area contributed by atoms with E-state index < -0.39 is 0 Å². The molecule has 5 heteroatoms. The van der Waals surface area contributed by atoms with E-state index in [1.54, 1.807) is 12.1 Å². The van der Waals surface area contributed by atoms with Crippen LogP contribution in [0.3, 0.4) is 0 Å². The Bertz CT molecular complexity index is 750. The summed E-state index contributed by atoms with van der Waals surface area (Å²) in [4.78, 5) is 4.38. The van der Waals surface area contributed by atoms with Crippen molar-refractivity contribution in [2.75, 3.05) is 5.73 Å². The van der Waals surface area contributed by atoms with Gasteiger partial charge >= 0.3 is 0 Å². The van der Waals surface area contributed by atoms with E-state index in [0.29, 0.717) is 5.95 Å². The lowest BCUT2D eigenvalue weighted by Gasteiger charge is -2.06. The number of fused-ring (bicyclic) bond motifs is 1. The minimum absolute atomic E-state index is 0.212. The minimum atomic E-state index is -0.212. The van der Waals surface area contributed by atoms with E-state index >= 15 is 0 Å². The van der Waals surface area contributed by atoms with Crippen LogP contribution in [0.1, 0.15) is 5.56 Å². The molecule has 0 atom stereocenters. The normalized spacial score (nSPS) is 11.1. The number of hydrogen-bond acceptors (Lipinski definition) is 2. The van der Waals surface area contributed by atoms with E-state index in [9.17, 15) is 4.39 Å². The van der Waals surface area contributed by atoms with Crippen molar-refractivity contribution >= 4 is 39.6 Å². The van der Waals surface area contributed by atoms with E-state index in [4.69, 9.17) is 5.73 Å². The highest BCUT2D eigenvalue weighted by molar-refractivity contribution is 14.1. The SMILES string of the molecule is Nc1nc2cc(I)ccc2n1CCc1ccc(F)cc1. The average molecular weight is 381 g/mol. The van der Waals surface area contributed by atoms with Gasteiger partial charge in [-0.05, 0) is 64.9 Å². The lowest BCUT2D eigenvalue weighted by atomic mass is 10.1. The Balaban J connectivity index is 1.87. The number of nitrogens with two attached hydrogens (primary N) is 1. The first kappa shape index (κ1) is 13.4. The number of nitrogen functional groups attached to an aromatic ring is 1. The van der Waals surface area contributed by atoms with Gasteiger partial charge in [0.25, 0.3) is 0 Å². The number of rotatable bonds is 3. The van der Waals surface area contributed by atoms with Crippen molar-refractivity contribution in [3.63, 3.8) is 0 Å². The van der Waals surface area contributed by atoms with Crippen molar-refractivity contribution in [2.24, 2.45) is 0 Å². The molecule has 2 N–H and O–H groups in total. The van der Waals surface area contributed by atoms with Crippen molar-refractivity contribution in [1.82, 2.24) is 9.55 Å². The van der Waals surface area contributed by atoms with E-state index in [0.717, 1.165) is 33.1 Å². The molecule has 0 saturated carbocycles. The molecule has 2 aromatic carbocycles. The maximum absolute atomic E-state index is 12.9. The summed E-state index contributed by atoms with van der Waals surface area (Å²) >= 11 is 2.26. The van der Waals surface area contributed by atoms with Gasteiger partial charge in [0.2, 0.25) is 5.95 Å². The maximum Gasteiger partial charge on any atom is 0.201 e. The Kier molecular flexibility index (Phi) is 3.60. The van der Waals surface area contributed by atoms with Gasteiger partial charge in [-0.25, -0.2) is 9.37 Å². The smallest absolute Gasteiger partial charge is 0.201 e. The molecule has 3 aromatic rings. The van der Waals surface area contributed by atoms with Gasteiger partial charge in [0.15, 0.2) is 0 Å². The van der Waals surface area contributed by atoms with Crippen LogP contribution in [0.5, 0.6) is 0 Å². The monoisotopic (exact) mass is 381 g/mol. The van der Waals surface area contributed by atoms with E-state index in [1.807, 2.05) is 22.8 Å². The molecule has 20 heavy (non-hydrogen) atoms. The van der Waals surface area contributed by atoms with Gasteiger partial charge in [-0.1, -0.05) is 12.1 Å². The molecule has 0 bridgehead atoms. The van der Waals surface area contributed by atoms with Crippen molar-refractivity contribution < 1.29 is 4.39 Å². The second-order valence-electron chi connectivity index (χ2n) is 4.63. The largest absolute Gasteiger partial charge is 0.369 e. The fourth-order valence-electron chi connectivity index (χ4n) is 2.25. The molecule has 0 unspecified atom stereocenters. The molecule has 3 nitrogen and oxygen atoms in total. The van der Waals surface area contributed by atoms with Crippen LogP contribution in [0.25, 0.3) is 11.0 Å². The van der Waals surface area contributed by atoms with Crippen molar-refractivity contribution in [3.8, 4) is 0 Å². The van der Waals surface area contributed by atoms with Crippen molar-refractivity contribution in [3.05, 3.63) is 57.4 Å². The standard InChI is InChI=1S/C15H13FIN3/c16-11-3-1-10(2-4-11)7-8-20-14-6-5-12(17)9-13(14)19-15(20)18/h1-6,9H,7-8H2,(H2,18,19). The number of anilines is 1. The van der Waals surface area contributed by atoms with Crippen LogP contribution in [0.15, 0.2) is 42.5 Å². The topological polar surface area (TPSA) is 43.8 Å². The number of benzene rings is 2. The van der Waals surface area contributed by atoms with Crippen LogP contribution in [-0.2, 0) is 13.0 Å². The van der Waals surface area contributed by atoms with E-state index in [1.165, 1.54) is 12.1 Å². The highest BCUT2D eigenvalue weighted by atomic mass is 127. The summed E-state index contributed by atoms with van der Waals surface area (Å²) in [6.45, 7) is 0.731. The maximum atomic E-state index is 12.9. The van der Waals surface area contributed by atoms with Crippen LogP contribution in [0.2, 0.25) is 0 Å². The zero-order chi connectivity index (χ0) is 14.1. The molecule has 0 saturated heterocycles. The molecule has 1 aromatic heterocycles. The van der Waals surface area contributed by atoms with Crippen LogP contribution in [0.4, 0.5) is 10.3 Å². The summed E-state index contributed by atoms with van der Waals surface area (Å²) in [6.07, 6.45) is 0.794. The second-order valence-corrected chi connectivity index (χ2v) is 5.88. The Labute approximate surface area is 129 Å². The summed E-state index contributed by atoms with van der Waals surface area (Å²) in [6, 6.07) is 12.6. The average Bonchev–Trinajstić information content (AvgIpc) is 2.73. The zero-order valence-electron chi connectivity index (χ0n) is 10.7. The van der Waals surface area contributed by atoms with Gasteiger partial charge in [-0.3, -0.25) is 0 Å². The van der Waals surface area contributed by atoms with E-state index in [-0.39, 0.29) is 5.82 Å². The fraction of sp³-hybridized carbons (Fsp3) is 0.133. The Morgan fingerprint density at radius 2 is 1.90 bits per heavy atom. The molecule has 0 aliphatic heterocycles. The number of nitrogens with zero attached hydrogens (tertiary/aromatic N) is 2. The zero-order valence-corrected chi connectivity index (χ0v) is 12.8. The van der Waals surface area contributed by atoms with Gasteiger partial charge in [-0.2, -0.15) is 0 Å². The number of aromatic nitrogens is 2. The summed E-state index contributed by atoms with van der Waals surface area (Å²) in [5.74, 6) is 0.306. The Morgan fingerprint density at radius 1 is 1.15 bits per heavy atom. The van der Waals surface area contributed by atoms with Crippen molar-refractivity contribution in [2.45, 2.75) is 13.0 Å². The third-order valence-corrected chi connectivity index (χ3v) is 3.95. The quantitative estimate of drug-likeness (QED) is 0.705. The third kappa shape index (κ3) is 2.63. The molecule has 0 amide bonds. The van der Waals surface area contributed by atoms with Gasteiger partial charge in [0.1, 0.15) is 5.82 Å². The molecule has 102 valence electrons. The molecular weight excluding hydrogens is 368 g/mol. The van der Waals surface area contributed by atoms with Gasteiger partial charge in [0, 0.05) is 10.1 Å². The van der Waals surface area contributed by atoms with Crippen LogP contribution in [-0.4, -0.2) is 9.55 Å². The Morgan fingerprint density at radius 3 is 2.65 bits per heavy atom. The Hall–Kier alpha value is -1.63. The van der Waals surface area contributed by atoms with Gasteiger partial charge in [0.05, 0.1) is 11.0 Å². The second kappa shape index (κ2) is 5.40. The molecule has 1 heterocycles. The predicted molar refractivity (Wildman–Crippen MR) is 87.0 cm³/mol. The van der Waals surface area contributed by atoms with E-state index in [2.05, 4.69) is 27.6 Å². The lowest BCUT2D eigenvalue weighted by Crippen LogP contribution is -2.05. The number of halogens is 2. The highest BCUT2D eigenvalue weighted by Crippen LogP contribution is 2.20. The molecular formula is C15H13FIN3. The van der Waals surface area contributed by atoms with Gasteiger partial charge in [-0.15, -0.1) is 0 Å². The number of hydrogen-bond donors (Lipinski definition) is 1. The molecule has 3 rings (SSSR count). The molecule has 0 aliphatic rings. The van der Waals surface area contributed by atoms with Crippen LogP contribution < -0.4 is 5.73 Å². The highest BCUT2D eigenvalue weighted by Gasteiger charge is 2.08. The minimum Gasteiger partial charge on any atom is -0.369 e. The fourth-order valence-corrected chi connectivity index (χ4v) is 2.72. The summed E-state index contributed by atoms with van der Waals surface area (Å²) < 4.78 is 16.0. The molecule has 0 radical (unpaired) electrons. The summed E-state index contributed by atoms with van der Waals surface area (Å²) in [5.41, 5.74) is 9.01. The number of imidazole rings is 1. The first-order valence-corrected chi connectivity index (χ1v) is 7.37. The van der Waals surface area contributed by atoms with Crippen molar-refractivity contribution in [1.29, 1.82) is 0 Å². The summed E-state index contributed by atoms with van der Waals surface area (Å²) in [5, 5.41) is 0. The van der Waals surface area contributed by atoms with Crippen LogP contribution in [0, 0.1) is 9.39 Å². The first-order chi connectivity index (χ1) is 9.63.